The number of anilines is 1. The highest BCUT2D eigenvalue weighted by Crippen LogP contribution is 2.23. The number of hydrogen-bond acceptors (Lipinski definition) is 4. The van der Waals surface area contributed by atoms with Crippen molar-refractivity contribution in [2.24, 2.45) is 5.41 Å². The van der Waals surface area contributed by atoms with Gasteiger partial charge in [0, 0.05) is 18.5 Å². The normalized spacial score (nSPS) is 11.3. The first-order chi connectivity index (χ1) is 7.36. The van der Waals surface area contributed by atoms with Crippen LogP contribution in [0, 0.1) is 19.3 Å². The van der Waals surface area contributed by atoms with Crippen molar-refractivity contribution < 1.29 is 4.79 Å². The minimum atomic E-state index is -0.428. The highest BCUT2D eigenvalue weighted by Gasteiger charge is 2.26. The van der Waals surface area contributed by atoms with Gasteiger partial charge in [0.2, 0.25) is 5.91 Å². The fourth-order valence-electron chi connectivity index (χ4n) is 1.26. The predicted octanol–water partition coefficient (Wildman–Crippen LogP) is 1.94. The van der Waals surface area contributed by atoms with Crippen LogP contribution in [0.3, 0.4) is 0 Å². The summed E-state index contributed by atoms with van der Waals surface area (Å²) in [5.74, 6) is 0.0324. The van der Waals surface area contributed by atoms with Gasteiger partial charge in [-0.15, -0.1) is 11.3 Å². The lowest BCUT2D eigenvalue weighted by Crippen LogP contribution is -2.39. The lowest BCUT2D eigenvalue weighted by molar-refractivity contribution is -0.128. The van der Waals surface area contributed by atoms with E-state index in [9.17, 15) is 4.79 Å². The van der Waals surface area contributed by atoms with Crippen LogP contribution in [0.1, 0.15) is 24.4 Å². The molecule has 0 unspecified atom stereocenters. The highest BCUT2D eigenvalue weighted by atomic mass is 32.1. The van der Waals surface area contributed by atoms with E-state index in [1.165, 1.54) is 4.88 Å². The van der Waals surface area contributed by atoms with E-state index in [4.69, 9.17) is 0 Å². The summed E-state index contributed by atoms with van der Waals surface area (Å²) in [7, 11) is 1.65. The second kappa shape index (κ2) is 4.82. The molecule has 1 aromatic heterocycles. The summed E-state index contributed by atoms with van der Waals surface area (Å²) >= 11 is 1.62. The van der Waals surface area contributed by atoms with E-state index in [-0.39, 0.29) is 5.91 Å². The molecule has 1 heterocycles. The Labute approximate surface area is 100 Å². The van der Waals surface area contributed by atoms with E-state index in [1.54, 1.807) is 18.4 Å². The molecule has 0 radical (unpaired) electrons. The van der Waals surface area contributed by atoms with Gasteiger partial charge in [0.1, 0.15) is 0 Å². The average Bonchev–Trinajstić information content (AvgIpc) is 2.54. The van der Waals surface area contributed by atoms with Gasteiger partial charge in [0.15, 0.2) is 5.13 Å². The molecular weight excluding hydrogens is 222 g/mol. The van der Waals surface area contributed by atoms with E-state index in [1.807, 2.05) is 27.7 Å². The SMILES string of the molecule is CNC(=O)C(C)(C)CNc1nc(C)c(C)s1. The van der Waals surface area contributed by atoms with Gasteiger partial charge < -0.3 is 10.6 Å². The minimum Gasteiger partial charge on any atom is -0.360 e. The second-order valence-electron chi connectivity index (χ2n) is 4.48. The zero-order chi connectivity index (χ0) is 12.3. The Balaban J connectivity index is 2.60. The van der Waals surface area contributed by atoms with Crippen LogP contribution in [0.4, 0.5) is 5.13 Å². The summed E-state index contributed by atoms with van der Waals surface area (Å²) in [5, 5.41) is 6.75. The molecule has 0 fully saturated rings. The summed E-state index contributed by atoms with van der Waals surface area (Å²) < 4.78 is 0. The summed E-state index contributed by atoms with van der Waals surface area (Å²) in [6.45, 7) is 8.43. The Morgan fingerprint density at radius 3 is 2.50 bits per heavy atom. The molecule has 0 spiro atoms. The van der Waals surface area contributed by atoms with Crippen molar-refractivity contribution in [2.45, 2.75) is 27.7 Å². The molecule has 0 aliphatic rings. The van der Waals surface area contributed by atoms with E-state index in [0.717, 1.165) is 10.8 Å². The standard InChI is InChI=1S/C11H19N3OS/c1-7-8(2)16-10(14-7)13-6-11(3,4)9(15)12-5/h6H2,1-5H3,(H,12,15)(H,13,14). The predicted molar refractivity (Wildman–Crippen MR) is 67.9 cm³/mol. The van der Waals surface area contributed by atoms with Crippen LogP contribution < -0.4 is 10.6 Å². The quantitative estimate of drug-likeness (QED) is 0.847. The largest absolute Gasteiger partial charge is 0.360 e. The molecule has 0 saturated heterocycles. The summed E-state index contributed by atoms with van der Waals surface area (Å²) in [6.07, 6.45) is 0. The Kier molecular flexibility index (Phi) is 3.91. The Morgan fingerprint density at radius 1 is 1.44 bits per heavy atom. The molecule has 1 aromatic rings. The van der Waals surface area contributed by atoms with E-state index < -0.39 is 5.41 Å². The molecule has 16 heavy (non-hydrogen) atoms. The molecule has 0 aromatic carbocycles. The molecule has 0 bridgehead atoms. The Morgan fingerprint density at radius 2 is 2.06 bits per heavy atom. The van der Waals surface area contributed by atoms with Crippen LogP contribution in [-0.2, 0) is 4.79 Å². The van der Waals surface area contributed by atoms with Gasteiger partial charge >= 0.3 is 0 Å². The number of thiazole rings is 1. The molecule has 1 rings (SSSR count). The number of rotatable bonds is 4. The zero-order valence-electron chi connectivity index (χ0n) is 10.5. The zero-order valence-corrected chi connectivity index (χ0v) is 11.3. The van der Waals surface area contributed by atoms with Gasteiger partial charge in [0.25, 0.3) is 0 Å². The van der Waals surface area contributed by atoms with Gasteiger partial charge in [0.05, 0.1) is 11.1 Å². The van der Waals surface area contributed by atoms with Crippen molar-refractivity contribution in [1.29, 1.82) is 0 Å². The molecule has 5 heteroatoms. The highest BCUT2D eigenvalue weighted by molar-refractivity contribution is 7.15. The summed E-state index contributed by atoms with van der Waals surface area (Å²) in [4.78, 5) is 17.1. The van der Waals surface area contributed by atoms with Crippen LogP contribution in [0.25, 0.3) is 0 Å². The number of hydrogen-bond donors (Lipinski definition) is 2. The number of nitrogens with zero attached hydrogens (tertiary/aromatic N) is 1. The molecule has 1 amide bonds. The number of aryl methyl sites for hydroxylation is 2. The summed E-state index contributed by atoms with van der Waals surface area (Å²) in [5.41, 5.74) is 0.618. The maximum Gasteiger partial charge on any atom is 0.227 e. The van der Waals surface area contributed by atoms with Crippen LogP contribution in [0.5, 0.6) is 0 Å². The lowest BCUT2D eigenvalue weighted by atomic mass is 9.92. The van der Waals surface area contributed by atoms with Gasteiger partial charge in [-0.05, 0) is 27.7 Å². The number of amides is 1. The van der Waals surface area contributed by atoms with Gasteiger partial charge in [-0.3, -0.25) is 4.79 Å². The number of aromatic nitrogens is 1. The van der Waals surface area contributed by atoms with Crippen molar-refractivity contribution in [2.75, 3.05) is 18.9 Å². The molecular formula is C11H19N3OS. The van der Waals surface area contributed by atoms with E-state index in [2.05, 4.69) is 15.6 Å². The van der Waals surface area contributed by atoms with Crippen LogP contribution >= 0.6 is 11.3 Å². The molecule has 0 aliphatic carbocycles. The average molecular weight is 241 g/mol. The van der Waals surface area contributed by atoms with E-state index >= 15 is 0 Å². The van der Waals surface area contributed by atoms with Crippen molar-refractivity contribution in [3.63, 3.8) is 0 Å². The maximum atomic E-state index is 11.6. The third-order valence-corrected chi connectivity index (χ3v) is 3.58. The van der Waals surface area contributed by atoms with Crippen molar-refractivity contribution >= 4 is 22.4 Å². The first kappa shape index (κ1) is 13.0. The molecule has 4 nitrogen and oxygen atoms in total. The van der Waals surface area contributed by atoms with Crippen molar-refractivity contribution in [3.8, 4) is 0 Å². The first-order valence-corrected chi connectivity index (χ1v) is 6.08. The van der Waals surface area contributed by atoms with Crippen LogP contribution in [0.2, 0.25) is 0 Å². The monoisotopic (exact) mass is 241 g/mol. The third kappa shape index (κ3) is 2.95. The fraction of sp³-hybridized carbons (Fsp3) is 0.636. The Hall–Kier alpha value is -1.10. The van der Waals surface area contributed by atoms with Crippen molar-refractivity contribution in [1.82, 2.24) is 10.3 Å². The topological polar surface area (TPSA) is 54.0 Å². The van der Waals surface area contributed by atoms with Crippen LogP contribution in [-0.4, -0.2) is 24.5 Å². The number of nitrogens with one attached hydrogen (secondary N) is 2. The third-order valence-electron chi connectivity index (χ3n) is 2.55. The van der Waals surface area contributed by atoms with Crippen LogP contribution in [0.15, 0.2) is 0 Å². The molecule has 90 valence electrons. The smallest absolute Gasteiger partial charge is 0.227 e. The first-order valence-electron chi connectivity index (χ1n) is 5.27. The fourth-order valence-corrected chi connectivity index (χ4v) is 2.07. The Bertz CT molecular complexity index is 365. The van der Waals surface area contributed by atoms with Gasteiger partial charge in [-0.1, -0.05) is 0 Å². The number of carbonyl (C=O) groups excluding carboxylic acids is 1. The molecule has 0 saturated carbocycles. The van der Waals surface area contributed by atoms with Gasteiger partial charge in [-0.2, -0.15) is 0 Å². The minimum absolute atomic E-state index is 0.0324. The molecule has 2 N–H and O–H groups in total. The van der Waals surface area contributed by atoms with E-state index in [0.29, 0.717) is 6.54 Å². The lowest BCUT2D eigenvalue weighted by Gasteiger charge is -2.22. The maximum absolute atomic E-state index is 11.6. The molecule has 0 aliphatic heterocycles. The molecule has 0 atom stereocenters. The second-order valence-corrected chi connectivity index (χ2v) is 5.68. The van der Waals surface area contributed by atoms with Crippen molar-refractivity contribution in [3.05, 3.63) is 10.6 Å². The van der Waals surface area contributed by atoms with Gasteiger partial charge in [-0.25, -0.2) is 4.98 Å². The summed E-state index contributed by atoms with van der Waals surface area (Å²) in [6, 6.07) is 0. The number of carbonyl (C=O) groups is 1.